The van der Waals surface area contributed by atoms with E-state index in [0.29, 0.717) is 0 Å². The molecule has 1 aromatic carbocycles. The topological polar surface area (TPSA) is 27.7 Å². The second kappa shape index (κ2) is 6.43. The molecule has 0 aromatic heterocycles. The van der Waals surface area contributed by atoms with E-state index in [1.54, 1.807) is 14.2 Å². The Bertz CT molecular complexity index is 440. The molecule has 114 valence electrons. The molecule has 0 aliphatic rings. The smallest absolute Gasteiger partial charge is 0.396 e. The highest BCUT2D eigenvalue weighted by atomic mass is 31.2. The van der Waals surface area contributed by atoms with Gasteiger partial charge in [0.2, 0.25) is 0 Å². The maximum absolute atomic E-state index is 5.86. The number of rotatable bonds is 4. The highest BCUT2D eigenvalue weighted by Gasteiger charge is 2.24. The lowest BCUT2D eigenvalue weighted by Crippen LogP contribution is -2.17. The first kappa shape index (κ1) is 17.4. The van der Waals surface area contributed by atoms with Gasteiger partial charge in [0, 0.05) is 19.8 Å². The van der Waals surface area contributed by atoms with Crippen molar-refractivity contribution in [2.45, 2.75) is 52.4 Å². The summed E-state index contributed by atoms with van der Waals surface area (Å²) in [4.78, 5) is 0. The van der Waals surface area contributed by atoms with Crippen molar-refractivity contribution in [3.05, 3.63) is 29.3 Å². The van der Waals surface area contributed by atoms with E-state index < -0.39 is 8.60 Å². The summed E-state index contributed by atoms with van der Waals surface area (Å²) in [5, 5.41) is 0. The van der Waals surface area contributed by atoms with Crippen molar-refractivity contribution in [3.63, 3.8) is 0 Å². The van der Waals surface area contributed by atoms with E-state index >= 15 is 0 Å². The average Bonchev–Trinajstić information content (AvgIpc) is 2.33. The van der Waals surface area contributed by atoms with Gasteiger partial charge in [0.15, 0.2) is 0 Å². The van der Waals surface area contributed by atoms with Gasteiger partial charge >= 0.3 is 8.60 Å². The molecule has 1 aromatic rings. The van der Waals surface area contributed by atoms with E-state index in [-0.39, 0.29) is 10.8 Å². The molecule has 0 aliphatic carbocycles. The zero-order valence-electron chi connectivity index (χ0n) is 13.9. The van der Waals surface area contributed by atoms with Gasteiger partial charge in [-0.15, -0.1) is 0 Å². The van der Waals surface area contributed by atoms with Gasteiger partial charge in [-0.3, -0.25) is 0 Å². The van der Waals surface area contributed by atoms with E-state index in [1.807, 2.05) is 6.07 Å². The predicted octanol–water partition coefficient (Wildman–Crippen LogP) is 5.18. The van der Waals surface area contributed by atoms with E-state index in [0.717, 1.165) is 5.75 Å². The largest absolute Gasteiger partial charge is 0.426 e. The molecule has 0 saturated heterocycles. The Hall–Kier alpha value is -0.630. The summed E-state index contributed by atoms with van der Waals surface area (Å²) in [5.74, 6) is 0.834. The molecule has 0 bridgehead atoms. The van der Waals surface area contributed by atoms with E-state index in [9.17, 15) is 0 Å². The van der Waals surface area contributed by atoms with Gasteiger partial charge in [0.1, 0.15) is 5.75 Å². The van der Waals surface area contributed by atoms with Crippen LogP contribution in [0.2, 0.25) is 0 Å². The summed E-state index contributed by atoms with van der Waals surface area (Å²) in [6.45, 7) is 13.2. The zero-order valence-corrected chi connectivity index (χ0v) is 14.8. The van der Waals surface area contributed by atoms with Gasteiger partial charge < -0.3 is 13.6 Å². The van der Waals surface area contributed by atoms with Crippen LogP contribution >= 0.6 is 8.60 Å². The van der Waals surface area contributed by atoms with Gasteiger partial charge in [0.05, 0.1) is 0 Å². The molecule has 0 heterocycles. The molecule has 0 atom stereocenters. The summed E-state index contributed by atoms with van der Waals surface area (Å²) in [7, 11) is 1.85. The maximum atomic E-state index is 5.86. The first-order valence-corrected chi connectivity index (χ1v) is 7.90. The van der Waals surface area contributed by atoms with Crippen LogP contribution in [0.3, 0.4) is 0 Å². The summed E-state index contributed by atoms with van der Waals surface area (Å²) in [6, 6.07) is 6.37. The lowest BCUT2D eigenvalue weighted by Gasteiger charge is -2.27. The molecular formula is C16H27O3P. The van der Waals surface area contributed by atoms with Crippen molar-refractivity contribution in [3.8, 4) is 5.75 Å². The average molecular weight is 298 g/mol. The van der Waals surface area contributed by atoms with Crippen molar-refractivity contribution in [2.24, 2.45) is 0 Å². The molecule has 20 heavy (non-hydrogen) atoms. The zero-order chi connectivity index (χ0) is 15.6. The Balaban J connectivity index is 3.24. The van der Waals surface area contributed by atoms with Gasteiger partial charge in [0.25, 0.3) is 0 Å². The van der Waals surface area contributed by atoms with Gasteiger partial charge in [-0.1, -0.05) is 53.7 Å². The molecular weight excluding hydrogens is 271 g/mol. The molecule has 4 heteroatoms. The lowest BCUT2D eigenvalue weighted by molar-refractivity contribution is 0.275. The minimum Gasteiger partial charge on any atom is -0.426 e. The van der Waals surface area contributed by atoms with Gasteiger partial charge in [-0.2, -0.15) is 0 Å². The molecule has 1 rings (SSSR count). The molecule has 0 N–H and O–H groups in total. The molecule has 0 spiro atoms. The fourth-order valence-corrected chi connectivity index (χ4v) is 2.51. The Morgan fingerprint density at radius 2 is 1.40 bits per heavy atom. The number of benzene rings is 1. The normalized spacial score (nSPS) is 12.8. The monoisotopic (exact) mass is 298 g/mol. The van der Waals surface area contributed by atoms with Crippen LogP contribution in [0.5, 0.6) is 5.75 Å². The second-order valence-corrected chi connectivity index (χ2v) is 8.25. The molecule has 0 saturated carbocycles. The van der Waals surface area contributed by atoms with Crippen molar-refractivity contribution in [1.29, 1.82) is 0 Å². The fourth-order valence-electron chi connectivity index (χ4n) is 1.89. The number of hydrogen-bond acceptors (Lipinski definition) is 3. The highest BCUT2D eigenvalue weighted by molar-refractivity contribution is 7.42. The van der Waals surface area contributed by atoms with Crippen LogP contribution in [0.25, 0.3) is 0 Å². The minimum absolute atomic E-state index is 0.000913. The lowest BCUT2D eigenvalue weighted by atomic mass is 9.80. The quantitative estimate of drug-likeness (QED) is 0.717. The van der Waals surface area contributed by atoms with Crippen molar-refractivity contribution in [2.75, 3.05) is 14.2 Å². The number of hydrogen-bond donors (Lipinski definition) is 0. The highest BCUT2D eigenvalue weighted by Crippen LogP contribution is 2.43. The SMILES string of the molecule is COP(OC)Oc1ccc(C(C)(C)C)cc1C(C)(C)C. The third kappa shape index (κ3) is 4.44. The molecule has 0 radical (unpaired) electrons. The van der Waals surface area contributed by atoms with Crippen LogP contribution in [0, 0.1) is 0 Å². The van der Waals surface area contributed by atoms with Crippen molar-refractivity contribution in [1.82, 2.24) is 0 Å². The van der Waals surface area contributed by atoms with Crippen LogP contribution in [-0.4, -0.2) is 14.2 Å². The second-order valence-electron chi connectivity index (χ2n) is 6.89. The Morgan fingerprint density at radius 3 is 1.80 bits per heavy atom. The first-order valence-electron chi connectivity index (χ1n) is 6.81. The first-order chi connectivity index (χ1) is 9.09. The standard InChI is InChI=1S/C16H27O3P/c1-15(2,3)12-9-10-14(19-20(17-7)18-8)13(11-12)16(4,5)6/h9-11H,1-8H3. The molecule has 0 amide bonds. The third-order valence-electron chi connectivity index (χ3n) is 3.12. The molecule has 0 aliphatic heterocycles. The molecule has 3 nitrogen and oxygen atoms in total. The Kier molecular flexibility index (Phi) is 5.60. The third-order valence-corrected chi connectivity index (χ3v) is 4.07. The van der Waals surface area contributed by atoms with Crippen LogP contribution in [0.4, 0.5) is 0 Å². The maximum Gasteiger partial charge on any atom is 0.396 e. The van der Waals surface area contributed by atoms with Crippen molar-refractivity contribution >= 4 is 8.60 Å². The summed E-state index contributed by atoms with van der Waals surface area (Å²) < 4.78 is 16.2. The van der Waals surface area contributed by atoms with Crippen LogP contribution < -0.4 is 4.52 Å². The molecule has 0 fully saturated rings. The summed E-state index contributed by atoms with van der Waals surface area (Å²) >= 11 is 0. The van der Waals surface area contributed by atoms with Gasteiger partial charge in [-0.25, -0.2) is 0 Å². The van der Waals surface area contributed by atoms with Crippen molar-refractivity contribution < 1.29 is 13.6 Å². The Morgan fingerprint density at radius 1 is 0.850 bits per heavy atom. The molecule has 0 unspecified atom stereocenters. The fraction of sp³-hybridized carbons (Fsp3) is 0.625. The Labute approximate surface area is 124 Å². The summed E-state index contributed by atoms with van der Waals surface area (Å²) in [5.41, 5.74) is 2.59. The summed E-state index contributed by atoms with van der Waals surface area (Å²) in [6.07, 6.45) is 0. The van der Waals surface area contributed by atoms with E-state index in [2.05, 4.69) is 53.7 Å². The van der Waals surface area contributed by atoms with Crippen LogP contribution in [0.15, 0.2) is 18.2 Å². The van der Waals surface area contributed by atoms with E-state index in [4.69, 9.17) is 13.6 Å². The van der Waals surface area contributed by atoms with Crippen LogP contribution in [-0.2, 0) is 19.9 Å². The van der Waals surface area contributed by atoms with E-state index in [1.165, 1.54) is 11.1 Å². The van der Waals surface area contributed by atoms with Crippen LogP contribution in [0.1, 0.15) is 52.7 Å². The minimum atomic E-state index is -1.33. The van der Waals surface area contributed by atoms with Gasteiger partial charge in [-0.05, 0) is 22.5 Å². The predicted molar refractivity (Wildman–Crippen MR) is 85.4 cm³/mol.